The van der Waals surface area contributed by atoms with Crippen LogP contribution >= 0.6 is 35.0 Å². The molecule has 10 heteroatoms. The van der Waals surface area contributed by atoms with Crippen LogP contribution in [0.3, 0.4) is 0 Å². The van der Waals surface area contributed by atoms with Gasteiger partial charge in [0.1, 0.15) is 0 Å². The van der Waals surface area contributed by atoms with E-state index in [4.69, 9.17) is 23.2 Å². The van der Waals surface area contributed by atoms with E-state index in [-0.39, 0.29) is 32.5 Å². The molecule has 4 aromatic rings. The number of carbonyl (C=O) groups excluding carboxylic acids is 2. The molecule has 1 N–H and O–H groups in total. The van der Waals surface area contributed by atoms with Crippen LogP contribution in [0.5, 0.6) is 0 Å². The molecular weight excluding hydrogens is 539 g/mol. The van der Waals surface area contributed by atoms with Gasteiger partial charge in [-0.1, -0.05) is 59.2 Å². The van der Waals surface area contributed by atoms with E-state index in [9.17, 15) is 18.0 Å². The van der Waals surface area contributed by atoms with Gasteiger partial charge in [0.2, 0.25) is 5.91 Å². The van der Waals surface area contributed by atoms with Gasteiger partial charge in [-0.05, 0) is 42.5 Å². The highest BCUT2D eigenvalue weighted by atomic mass is 35.5. The number of thioether (sulfide) groups is 1. The van der Waals surface area contributed by atoms with Gasteiger partial charge in [-0.3, -0.25) is 14.2 Å². The Morgan fingerprint density at radius 3 is 2.50 bits per heavy atom. The number of nitrogens with one attached hydrogen (secondary N) is 1. The van der Waals surface area contributed by atoms with Crippen molar-refractivity contribution in [2.24, 2.45) is 0 Å². The summed E-state index contributed by atoms with van der Waals surface area (Å²) in [4.78, 5) is 26.1. The first-order valence-corrected chi connectivity index (χ1v) is 14.0. The number of hydrogen-bond donors (Lipinski definition) is 1. The summed E-state index contributed by atoms with van der Waals surface area (Å²) in [6, 6.07) is 16.9. The maximum Gasteiger partial charge on any atom is 0.262 e. The SMILES string of the molecule is CC(=O)n1cc(/C=C2/Sc3ccc(S(=O)(=O)Cc4c(Cl)cccc4Cl)cc3NC2=O)c2ccccc21. The molecule has 0 spiro atoms. The van der Waals surface area contributed by atoms with Crippen LogP contribution in [0.25, 0.3) is 17.0 Å². The topological polar surface area (TPSA) is 85.2 Å². The van der Waals surface area contributed by atoms with Crippen molar-refractivity contribution < 1.29 is 18.0 Å². The highest BCUT2D eigenvalue weighted by molar-refractivity contribution is 8.04. The van der Waals surface area contributed by atoms with Crippen LogP contribution in [-0.2, 0) is 20.4 Å². The largest absolute Gasteiger partial charge is 0.320 e. The number of para-hydroxylation sites is 1. The van der Waals surface area contributed by atoms with Crippen molar-refractivity contribution in [3.63, 3.8) is 0 Å². The van der Waals surface area contributed by atoms with Gasteiger partial charge in [0, 0.05) is 44.6 Å². The quantitative estimate of drug-likeness (QED) is 0.284. The molecule has 36 heavy (non-hydrogen) atoms. The van der Waals surface area contributed by atoms with Crippen LogP contribution in [-0.4, -0.2) is 24.8 Å². The van der Waals surface area contributed by atoms with E-state index >= 15 is 0 Å². The maximum atomic E-state index is 13.1. The lowest BCUT2D eigenvalue weighted by Crippen LogP contribution is -2.18. The third-order valence-corrected chi connectivity index (χ3v) is 9.21. The van der Waals surface area contributed by atoms with Crippen LogP contribution in [0.2, 0.25) is 10.0 Å². The number of nitrogens with zero attached hydrogens (tertiary/aromatic N) is 1. The summed E-state index contributed by atoms with van der Waals surface area (Å²) in [5.41, 5.74) is 2.22. The fourth-order valence-corrected chi connectivity index (χ4v) is 7.04. The number of benzene rings is 3. The third kappa shape index (κ3) is 4.57. The zero-order valence-electron chi connectivity index (χ0n) is 18.8. The van der Waals surface area contributed by atoms with Crippen molar-refractivity contribution >= 4 is 79.3 Å². The number of anilines is 1. The fourth-order valence-electron chi connectivity index (χ4n) is 4.00. The van der Waals surface area contributed by atoms with E-state index in [0.717, 1.165) is 16.5 Å². The number of fused-ring (bicyclic) bond motifs is 2. The Labute approximate surface area is 221 Å². The molecule has 0 atom stereocenters. The van der Waals surface area contributed by atoms with E-state index in [1.165, 1.54) is 30.8 Å². The number of aromatic nitrogens is 1. The van der Waals surface area contributed by atoms with Crippen LogP contribution in [0.1, 0.15) is 22.8 Å². The van der Waals surface area contributed by atoms with Gasteiger partial charge in [0.15, 0.2) is 9.84 Å². The fraction of sp³-hybridized carbons (Fsp3) is 0.0769. The molecular formula is C26H18Cl2N2O4S2. The van der Waals surface area contributed by atoms with E-state index in [0.29, 0.717) is 21.1 Å². The second-order valence-electron chi connectivity index (χ2n) is 8.17. The molecule has 0 radical (unpaired) electrons. The first kappa shape index (κ1) is 24.6. The van der Waals surface area contributed by atoms with E-state index in [2.05, 4.69) is 5.32 Å². The lowest BCUT2D eigenvalue weighted by molar-refractivity contribution is -0.112. The third-order valence-electron chi connectivity index (χ3n) is 5.77. The summed E-state index contributed by atoms with van der Waals surface area (Å²) in [5.74, 6) is -0.860. The van der Waals surface area contributed by atoms with Crippen molar-refractivity contribution in [2.45, 2.75) is 22.5 Å². The summed E-state index contributed by atoms with van der Waals surface area (Å²) in [5, 5.41) is 4.18. The molecule has 1 aromatic heterocycles. The Bertz CT molecular complexity index is 1690. The minimum absolute atomic E-state index is 0.0510. The number of hydrogen-bond acceptors (Lipinski definition) is 5. The molecule has 1 aliphatic rings. The van der Waals surface area contributed by atoms with E-state index in [1.807, 2.05) is 24.3 Å². The predicted octanol–water partition coefficient (Wildman–Crippen LogP) is 6.67. The van der Waals surface area contributed by atoms with E-state index < -0.39 is 9.84 Å². The molecule has 0 aliphatic carbocycles. The van der Waals surface area contributed by atoms with Crippen molar-refractivity contribution in [1.82, 2.24) is 4.57 Å². The van der Waals surface area contributed by atoms with E-state index in [1.54, 1.807) is 41.1 Å². The Kier molecular flexibility index (Phi) is 6.46. The Morgan fingerprint density at radius 1 is 1.06 bits per heavy atom. The molecule has 1 aliphatic heterocycles. The molecule has 2 heterocycles. The Balaban J connectivity index is 1.47. The standard InChI is InChI=1S/C26H18Cl2N2O4S2/c1-15(31)30-13-16(18-5-2-3-8-23(18)30)11-25-26(32)29-22-12-17(9-10-24(22)35-25)36(33,34)14-19-20(27)6-4-7-21(19)28/h2-13H,14H2,1H3,(H,29,32)/b25-11+. The van der Waals surface area contributed by atoms with Gasteiger partial charge in [0.25, 0.3) is 5.91 Å². The molecule has 5 rings (SSSR count). The average Bonchev–Trinajstić information content (AvgIpc) is 3.20. The number of amides is 1. The smallest absolute Gasteiger partial charge is 0.262 e. The molecule has 0 fully saturated rings. The van der Waals surface area contributed by atoms with Gasteiger partial charge in [0.05, 0.1) is 26.8 Å². The second kappa shape index (κ2) is 9.44. The van der Waals surface area contributed by atoms with Gasteiger partial charge >= 0.3 is 0 Å². The lowest BCUT2D eigenvalue weighted by Gasteiger charge is -2.19. The molecule has 1 amide bonds. The summed E-state index contributed by atoms with van der Waals surface area (Å²) in [6.45, 7) is 1.48. The monoisotopic (exact) mass is 556 g/mol. The zero-order valence-corrected chi connectivity index (χ0v) is 21.9. The number of halogens is 2. The molecule has 6 nitrogen and oxygen atoms in total. The van der Waals surface area contributed by atoms with Crippen molar-refractivity contribution in [1.29, 1.82) is 0 Å². The van der Waals surface area contributed by atoms with Crippen LogP contribution in [0.4, 0.5) is 5.69 Å². The summed E-state index contributed by atoms with van der Waals surface area (Å²) >= 11 is 13.6. The summed E-state index contributed by atoms with van der Waals surface area (Å²) < 4.78 is 27.7. The average molecular weight is 557 g/mol. The van der Waals surface area contributed by atoms with Gasteiger partial charge in [-0.25, -0.2) is 8.42 Å². The molecule has 3 aromatic carbocycles. The second-order valence-corrected chi connectivity index (χ2v) is 12.1. The van der Waals surface area contributed by atoms with Crippen molar-refractivity contribution in [3.8, 4) is 0 Å². The minimum Gasteiger partial charge on any atom is -0.320 e. The normalized spacial score (nSPS) is 14.6. The minimum atomic E-state index is -3.78. The number of sulfone groups is 1. The molecule has 182 valence electrons. The molecule has 0 bridgehead atoms. The summed E-state index contributed by atoms with van der Waals surface area (Å²) in [6.07, 6.45) is 3.44. The lowest BCUT2D eigenvalue weighted by atomic mass is 10.1. The Morgan fingerprint density at radius 2 is 1.78 bits per heavy atom. The van der Waals surface area contributed by atoms with Crippen molar-refractivity contribution in [2.75, 3.05) is 5.32 Å². The summed E-state index contributed by atoms with van der Waals surface area (Å²) in [7, 11) is -3.78. The van der Waals surface area contributed by atoms with Crippen molar-refractivity contribution in [3.05, 3.63) is 92.9 Å². The zero-order chi connectivity index (χ0) is 25.6. The molecule has 0 unspecified atom stereocenters. The number of rotatable bonds is 4. The van der Waals surface area contributed by atoms with Crippen LogP contribution in [0, 0.1) is 0 Å². The van der Waals surface area contributed by atoms with Gasteiger partial charge < -0.3 is 5.32 Å². The number of carbonyl (C=O) groups is 2. The first-order valence-electron chi connectivity index (χ1n) is 10.8. The van der Waals surface area contributed by atoms with Crippen LogP contribution in [0.15, 0.2) is 81.6 Å². The Hall–Kier alpha value is -3.04. The highest BCUT2D eigenvalue weighted by Crippen LogP contribution is 2.41. The van der Waals surface area contributed by atoms with Gasteiger partial charge in [-0.15, -0.1) is 0 Å². The molecule has 0 saturated heterocycles. The molecule has 0 saturated carbocycles. The maximum absolute atomic E-state index is 13.1. The highest BCUT2D eigenvalue weighted by Gasteiger charge is 2.25. The predicted molar refractivity (Wildman–Crippen MR) is 144 cm³/mol. The first-order chi connectivity index (χ1) is 17.1. The van der Waals surface area contributed by atoms with Gasteiger partial charge in [-0.2, -0.15) is 0 Å². The van der Waals surface area contributed by atoms with Crippen LogP contribution < -0.4 is 5.32 Å².